The molecule has 152 valence electrons. The zero-order valence-electron chi connectivity index (χ0n) is 14.6. The van der Waals surface area contributed by atoms with Crippen LogP contribution in [0.25, 0.3) is 0 Å². The second-order valence-corrected chi connectivity index (χ2v) is 9.69. The molecule has 1 heterocycles. The van der Waals surface area contributed by atoms with E-state index in [1.807, 2.05) is 0 Å². The highest BCUT2D eigenvalue weighted by atomic mass is 32.2. The highest BCUT2D eigenvalue weighted by molar-refractivity contribution is 8.01. The summed E-state index contributed by atoms with van der Waals surface area (Å²) in [6.07, 6.45) is 0.975. The van der Waals surface area contributed by atoms with E-state index in [-0.39, 0.29) is 23.1 Å². The number of likely N-dealkylation sites (N-methyl/N-ethyl adjacent to an activating group) is 1. The van der Waals surface area contributed by atoms with Gasteiger partial charge in [-0.25, -0.2) is 17.2 Å². The van der Waals surface area contributed by atoms with Crippen LogP contribution in [0.2, 0.25) is 0 Å². The van der Waals surface area contributed by atoms with E-state index in [1.54, 1.807) is 0 Å². The van der Waals surface area contributed by atoms with Gasteiger partial charge in [0.05, 0.1) is 24.2 Å². The summed E-state index contributed by atoms with van der Waals surface area (Å²) >= 11 is 1.99. The number of sulfonamides is 1. The topological polar surface area (TPSA) is 121 Å². The average molecular weight is 452 g/mol. The molecule has 14 heteroatoms. The predicted octanol–water partition coefficient (Wildman–Crippen LogP) is 1.38. The first kappa shape index (κ1) is 22.1. The van der Waals surface area contributed by atoms with E-state index >= 15 is 0 Å². The number of rotatable bonds is 8. The molecular weight excluding hydrogens is 436 g/mol. The van der Waals surface area contributed by atoms with Crippen molar-refractivity contribution in [3.63, 3.8) is 0 Å². The minimum Gasteiger partial charge on any atom is -0.323 e. The maximum absolute atomic E-state index is 13.5. The summed E-state index contributed by atoms with van der Waals surface area (Å²) in [5.74, 6) is -2.89. The van der Waals surface area contributed by atoms with Crippen molar-refractivity contribution in [1.29, 1.82) is 0 Å². The van der Waals surface area contributed by atoms with Crippen LogP contribution in [0.4, 0.5) is 19.6 Å². The number of hydrogen-bond donors (Lipinski definition) is 2. The largest absolute Gasteiger partial charge is 0.323 e. The molecular formula is C14H15F2N5O4S3. The Morgan fingerprint density at radius 3 is 2.57 bits per heavy atom. The van der Waals surface area contributed by atoms with Crippen molar-refractivity contribution in [2.75, 3.05) is 36.2 Å². The number of benzene rings is 1. The zero-order valence-corrected chi connectivity index (χ0v) is 17.1. The molecule has 9 nitrogen and oxygen atoms in total. The lowest BCUT2D eigenvalue weighted by Gasteiger charge is -2.12. The van der Waals surface area contributed by atoms with Crippen LogP contribution in [-0.2, 0) is 19.6 Å². The number of nitrogens with zero attached hydrogens (tertiary/aromatic N) is 3. The molecule has 0 saturated heterocycles. The summed E-state index contributed by atoms with van der Waals surface area (Å²) in [6, 6.07) is 2.79. The van der Waals surface area contributed by atoms with E-state index < -0.39 is 33.5 Å². The van der Waals surface area contributed by atoms with Gasteiger partial charge in [0.1, 0.15) is 11.6 Å². The Morgan fingerprint density at radius 2 is 1.93 bits per heavy atom. The van der Waals surface area contributed by atoms with Gasteiger partial charge in [-0.05, 0) is 12.1 Å². The number of carbonyl (C=O) groups is 2. The van der Waals surface area contributed by atoms with Crippen molar-refractivity contribution in [3.05, 3.63) is 29.8 Å². The van der Waals surface area contributed by atoms with Crippen LogP contribution in [0.3, 0.4) is 0 Å². The van der Waals surface area contributed by atoms with E-state index in [9.17, 15) is 26.8 Å². The number of nitrogens with one attached hydrogen (secondary N) is 2. The van der Waals surface area contributed by atoms with Crippen molar-refractivity contribution >= 4 is 55.8 Å². The maximum atomic E-state index is 13.5. The SMILES string of the molecule is CN(CC(=O)Nc1nnc(SCC(=O)Nc2ccc(F)cc2F)s1)S(C)(=O)=O. The summed E-state index contributed by atoms with van der Waals surface area (Å²) in [6.45, 7) is -0.382. The molecule has 2 amide bonds. The summed E-state index contributed by atoms with van der Waals surface area (Å²) in [4.78, 5) is 23.6. The first-order valence-electron chi connectivity index (χ1n) is 7.47. The molecule has 0 fully saturated rings. The van der Waals surface area contributed by atoms with Crippen molar-refractivity contribution in [3.8, 4) is 0 Å². The van der Waals surface area contributed by atoms with E-state index in [0.717, 1.165) is 45.8 Å². The standard InChI is InChI=1S/C14H15F2N5O4S3/c1-21(28(2,24)25)6-11(22)18-13-19-20-14(27-13)26-7-12(23)17-10-4-3-8(15)5-9(10)16/h3-5H,6-7H2,1-2H3,(H,17,23)(H,18,19,22). The second-order valence-electron chi connectivity index (χ2n) is 5.40. The smallest absolute Gasteiger partial charge is 0.241 e. The monoisotopic (exact) mass is 451 g/mol. The average Bonchev–Trinajstić information content (AvgIpc) is 3.02. The van der Waals surface area contributed by atoms with Crippen LogP contribution in [0, 0.1) is 11.6 Å². The second kappa shape index (κ2) is 9.36. The van der Waals surface area contributed by atoms with Gasteiger partial charge in [-0.15, -0.1) is 10.2 Å². The van der Waals surface area contributed by atoms with E-state index in [4.69, 9.17) is 0 Å². The Bertz CT molecular complexity index is 983. The molecule has 0 aliphatic rings. The highest BCUT2D eigenvalue weighted by Crippen LogP contribution is 2.25. The molecule has 1 aromatic carbocycles. The third kappa shape index (κ3) is 6.78. The van der Waals surface area contributed by atoms with Crippen LogP contribution in [0.15, 0.2) is 22.5 Å². The number of hydrogen-bond acceptors (Lipinski definition) is 8. The van der Waals surface area contributed by atoms with Crippen LogP contribution < -0.4 is 10.6 Å². The number of aromatic nitrogens is 2. The predicted molar refractivity (Wildman–Crippen MR) is 102 cm³/mol. The lowest BCUT2D eigenvalue weighted by Crippen LogP contribution is -2.34. The fourth-order valence-corrected chi connectivity index (χ4v) is 3.62. The number of amides is 2. The van der Waals surface area contributed by atoms with Gasteiger partial charge in [0, 0.05) is 13.1 Å². The van der Waals surface area contributed by atoms with Gasteiger partial charge < -0.3 is 5.32 Å². The molecule has 0 spiro atoms. The van der Waals surface area contributed by atoms with Gasteiger partial charge in [0.15, 0.2) is 4.34 Å². The van der Waals surface area contributed by atoms with Gasteiger partial charge in [0.25, 0.3) is 0 Å². The van der Waals surface area contributed by atoms with Gasteiger partial charge in [-0.2, -0.15) is 4.31 Å². The molecule has 28 heavy (non-hydrogen) atoms. The van der Waals surface area contributed by atoms with Gasteiger partial charge in [-0.3, -0.25) is 14.9 Å². The van der Waals surface area contributed by atoms with Crippen molar-refractivity contribution in [2.24, 2.45) is 0 Å². The van der Waals surface area contributed by atoms with Gasteiger partial charge in [-0.1, -0.05) is 23.1 Å². The summed E-state index contributed by atoms with van der Waals surface area (Å²) in [5, 5.41) is 12.4. The van der Waals surface area contributed by atoms with Gasteiger partial charge >= 0.3 is 0 Å². The molecule has 0 aliphatic heterocycles. The number of halogens is 2. The fraction of sp³-hybridized carbons (Fsp3) is 0.286. The Hall–Kier alpha value is -2.16. The first-order chi connectivity index (χ1) is 13.0. The molecule has 2 rings (SSSR count). The fourth-order valence-electron chi connectivity index (χ4n) is 1.70. The van der Waals surface area contributed by atoms with Crippen molar-refractivity contribution in [1.82, 2.24) is 14.5 Å². The molecule has 0 saturated carbocycles. The quantitative estimate of drug-likeness (QED) is 0.459. The molecule has 0 aliphatic carbocycles. The summed E-state index contributed by atoms with van der Waals surface area (Å²) in [5.41, 5.74) is -0.146. The highest BCUT2D eigenvalue weighted by Gasteiger charge is 2.17. The van der Waals surface area contributed by atoms with Crippen LogP contribution >= 0.6 is 23.1 Å². The Morgan fingerprint density at radius 1 is 1.21 bits per heavy atom. The Balaban J connectivity index is 1.84. The minimum absolute atomic E-state index is 0.115. The van der Waals surface area contributed by atoms with Crippen molar-refractivity contribution < 1.29 is 26.8 Å². The van der Waals surface area contributed by atoms with Gasteiger partial charge in [0.2, 0.25) is 27.0 Å². The number of carbonyl (C=O) groups excluding carboxylic acids is 2. The minimum atomic E-state index is -3.49. The molecule has 2 N–H and O–H groups in total. The third-order valence-electron chi connectivity index (χ3n) is 3.12. The first-order valence-corrected chi connectivity index (χ1v) is 11.1. The maximum Gasteiger partial charge on any atom is 0.241 e. The van der Waals surface area contributed by atoms with Crippen molar-refractivity contribution in [2.45, 2.75) is 4.34 Å². The Kier molecular flexibility index (Phi) is 7.40. The van der Waals surface area contributed by atoms with E-state index in [1.165, 1.54) is 7.05 Å². The number of thioether (sulfide) groups is 1. The molecule has 0 atom stereocenters. The van der Waals surface area contributed by atoms with E-state index in [0.29, 0.717) is 10.4 Å². The normalized spacial score (nSPS) is 11.5. The lowest BCUT2D eigenvalue weighted by atomic mass is 10.3. The number of anilines is 2. The summed E-state index contributed by atoms with van der Waals surface area (Å²) < 4.78 is 50.1. The molecule has 2 aromatic rings. The van der Waals surface area contributed by atoms with Crippen LogP contribution in [-0.4, -0.2) is 60.3 Å². The molecule has 1 aromatic heterocycles. The summed E-state index contributed by atoms with van der Waals surface area (Å²) in [7, 11) is -2.23. The molecule has 0 bridgehead atoms. The van der Waals surface area contributed by atoms with Crippen LogP contribution in [0.1, 0.15) is 0 Å². The Labute approximate surface area is 167 Å². The molecule has 0 radical (unpaired) electrons. The third-order valence-corrected chi connectivity index (χ3v) is 6.35. The lowest BCUT2D eigenvalue weighted by molar-refractivity contribution is -0.116. The molecule has 0 unspecified atom stereocenters. The van der Waals surface area contributed by atoms with E-state index in [2.05, 4.69) is 20.8 Å². The zero-order chi connectivity index (χ0) is 20.9. The van der Waals surface area contributed by atoms with Crippen LogP contribution in [0.5, 0.6) is 0 Å².